The number of halogens is 2. The van der Waals surface area contributed by atoms with E-state index in [1.54, 1.807) is 6.07 Å². The number of rotatable bonds is 5. The van der Waals surface area contributed by atoms with E-state index in [0.29, 0.717) is 23.9 Å². The molecule has 0 aliphatic rings. The first kappa shape index (κ1) is 15.3. The minimum atomic E-state index is -0.299. The van der Waals surface area contributed by atoms with Crippen LogP contribution in [0.15, 0.2) is 22.7 Å². The first-order valence-electron chi connectivity index (χ1n) is 5.98. The molecule has 1 aromatic carbocycles. The molecule has 0 aliphatic heterocycles. The molecule has 0 amide bonds. The average Bonchev–Trinajstić information content (AvgIpc) is 2.20. The van der Waals surface area contributed by atoms with E-state index in [4.69, 9.17) is 0 Å². The summed E-state index contributed by atoms with van der Waals surface area (Å²) < 4.78 is 13.5. The van der Waals surface area contributed by atoms with E-state index >= 15 is 0 Å². The van der Waals surface area contributed by atoms with Crippen molar-refractivity contribution in [1.82, 2.24) is 5.32 Å². The van der Waals surface area contributed by atoms with Crippen molar-refractivity contribution in [3.63, 3.8) is 0 Å². The molecule has 2 nitrogen and oxygen atoms in total. The highest BCUT2D eigenvalue weighted by Gasteiger charge is 2.11. The summed E-state index contributed by atoms with van der Waals surface area (Å²) in [6, 6.07) is 4.41. The molecule has 0 unspecified atom stereocenters. The van der Waals surface area contributed by atoms with Crippen LogP contribution in [0.3, 0.4) is 0 Å². The Bertz CT molecular complexity index is 426. The normalized spacial score (nSPS) is 11.6. The molecule has 0 saturated heterocycles. The van der Waals surface area contributed by atoms with Crippen LogP contribution in [0, 0.1) is 5.82 Å². The Labute approximate surface area is 116 Å². The number of carbonyl (C=O) groups excluding carboxylic acids is 1. The molecule has 18 heavy (non-hydrogen) atoms. The minimum absolute atomic E-state index is 0.0245. The third kappa shape index (κ3) is 5.74. The molecular weight excluding hydrogens is 297 g/mol. The monoisotopic (exact) mass is 315 g/mol. The molecule has 0 radical (unpaired) electrons. The molecule has 0 spiro atoms. The lowest BCUT2D eigenvalue weighted by molar-refractivity contribution is -0.118. The van der Waals surface area contributed by atoms with E-state index in [9.17, 15) is 9.18 Å². The maximum absolute atomic E-state index is 12.9. The van der Waals surface area contributed by atoms with Crippen molar-refractivity contribution in [2.45, 2.75) is 39.2 Å². The van der Waals surface area contributed by atoms with Crippen LogP contribution in [0.4, 0.5) is 4.39 Å². The van der Waals surface area contributed by atoms with Gasteiger partial charge in [-0.15, -0.1) is 0 Å². The van der Waals surface area contributed by atoms with Gasteiger partial charge < -0.3 is 5.32 Å². The maximum atomic E-state index is 12.9. The molecule has 4 heteroatoms. The smallest absolute Gasteiger partial charge is 0.138 e. The fourth-order valence-electron chi connectivity index (χ4n) is 1.54. The van der Waals surface area contributed by atoms with Gasteiger partial charge in [0.25, 0.3) is 0 Å². The number of hydrogen-bond acceptors (Lipinski definition) is 2. The fraction of sp³-hybridized carbons (Fsp3) is 0.500. The fourth-order valence-corrected chi connectivity index (χ4v) is 2.03. The minimum Gasteiger partial charge on any atom is -0.312 e. The van der Waals surface area contributed by atoms with Gasteiger partial charge in [0, 0.05) is 29.4 Å². The van der Waals surface area contributed by atoms with Crippen molar-refractivity contribution < 1.29 is 9.18 Å². The highest BCUT2D eigenvalue weighted by atomic mass is 79.9. The number of nitrogens with one attached hydrogen (secondary N) is 1. The van der Waals surface area contributed by atoms with E-state index in [0.717, 1.165) is 5.56 Å². The maximum Gasteiger partial charge on any atom is 0.138 e. The topological polar surface area (TPSA) is 29.1 Å². The molecule has 0 saturated carbocycles. The van der Waals surface area contributed by atoms with Crippen molar-refractivity contribution in [3.8, 4) is 0 Å². The summed E-state index contributed by atoms with van der Waals surface area (Å²) in [6.07, 6.45) is 0.827. The van der Waals surface area contributed by atoms with Crippen molar-refractivity contribution >= 4 is 21.7 Å². The van der Waals surface area contributed by atoms with E-state index < -0.39 is 0 Å². The number of carbonyl (C=O) groups is 1. The number of ketones is 1. The van der Waals surface area contributed by atoms with E-state index in [2.05, 4.69) is 42.0 Å². The van der Waals surface area contributed by atoms with E-state index in [-0.39, 0.29) is 17.1 Å². The van der Waals surface area contributed by atoms with Crippen LogP contribution in [-0.2, 0) is 11.2 Å². The summed E-state index contributed by atoms with van der Waals surface area (Å²) >= 11 is 3.27. The molecule has 0 heterocycles. The second-order valence-corrected chi connectivity index (χ2v) is 6.23. The molecular formula is C14H19BrFNO. The highest BCUT2D eigenvalue weighted by Crippen LogP contribution is 2.19. The first-order chi connectivity index (χ1) is 8.28. The standard InChI is InChI=1S/C14H19BrFNO/c1-14(2,3)17-7-6-12(18)8-10-4-5-11(16)9-13(10)15/h4-5,9,17H,6-8H2,1-3H3. The lowest BCUT2D eigenvalue weighted by Gasteiger charge is -2.20. The molecule has 0 aliphatic carbocycles. The SMILES string of the molecule is CC(C)(C)NCCC(=O)Cc1ccc(F)cc1Br. The van der Waals surface area contributed by atoms with Gasteiger partial charge in [-0.1, -0.05) is 22.0 Å². The van der Waals surface area contributed by atoms with Gasteiger partial charge in [-0.3, -0.25) is 4.79 Å². The zero-order valence-electron chi connectivity index (χ0n) is 11.0. The van der Waals surface area contributed by atoms with Crippen LogP contribution in [0.5, 0.6) is 0 Å². The van der Waals surface area contributed by atoms with Crippen LogP contribution in [-0.4, -0.2) is 17.9 Å². The summed E-state index contributed by atoms with van der Waals surface area (Å²) in [5.41, 5.74) is 0.855. The average molecular weight is 316 g/mol. The molecule has 0 aromatic heterocycles. The van der Waals surface area contributed by atoms with Gasteiger partial charge in [-0.05, 0) is 38.5 Å². The Hall–Kier alpha value is -0.740. The molecule has 100 valence electrons. The quantitative estimate of drug-likeness (QED) is 0.901. The number of Topliss-reactive ketones (excluding diaryl/α,β-unsaturated/α-hetero) is 1. The highest BCUT2D eigenvalue weighted by molar-refractivity contribution is 9.10. The van der Waals surface area contributed by atoms with Gasteiger partial charge in [0.2, 0.25) is 0 Å². The first-order valence-corrected chi connectivity index (χ1v) is 6.78. The van der Waals surface area contributed by atoms with E-state index in [1.807, 2.05) is 0 Å². The zero-order chi connectivity index (χ0) is 13.8. The molecule has 1 N–H and O–H groups in total. The van der Waals surface area contributed by atoms with Gasteiger partial charge >= 0.3 is 0 Å². The largest absolute Gasteiger partial charge is 0.312 e. The Balaban J connectivity index is 2.45. The van der Waals surface area contributed by atoms with Crippen LogP contribution in [0.1, 0.15) is 32.8 Å². The number of hydrogen-bond donors (Lipinski definition) is 1. The van der Waals surface area contributed by atoms with Crippen molar-refractivity contribution in [2.75, 3.05) is 6.54 Å². The second kappa shape index (κ2) is 6.43. The van der Waals surface area contributed by atoms with Crippen LogP contribution >= 0.6 is 15.9 Å². The summed E-state index contributed by atoms with van der Waals surface area (Å²) in [6.45, 7) is 6.86. The molecule has 0 bridgehead atoms. The van der Waals surface area contributed by atoms with Gasteiger partial charge in [-0.25, -0.2) is 4.39 Å². The predicted octanol–water partition coefficient (Wildman–Crippen LogP) is 3.48. The van der Waals surface area contributed by atoms with Gasteiger partial charge in [0.1, 0.15) is 11.6 Å². The lowest BCUT2D eigenvalue weighted by atomic mass is 10.1. The Kier molecular flexibility index (Phi) is 5.47. The molecule has 0 atom stereocenters. The van der Waals surface area contributed by atoms with Crippen molar-refractivity contribution in [3.05, 3.63) is 34.1 Å². The molecule has 1 aromatic rings. The summed E-state index contributed by atoms with van der Waals surface area (Å²) in [5.74, 6) is -0.147. The Morgan fingerprint density at radius 3 is 2.61 bits per heavy atom. The van der Waals surface area contributed by atoms with Crippen molar-refractivity contribution in [2.24, 2.45) is 0 Å². The second-order valence-electron chi connectivity index (χ2n) is 5.38. The third-order valence-electron chi connectivity index (χ3n) is 2.46. The van der Waals surface area contributed by atoms with Crippen LogP contribution in [0.25, 0.3) is 0 Å². The van der Waals surface area contributed by atoms with Crippen LogP contribution < -0.4 is 5.32 Å². The van der Waals surface area contributed by atoms with E-state index in [1.165, 1.54) is 12.1 Å². The summed E-state index contributed by atoms with van der Waals surface area (Å²) in [7, 11) is 0. The zero-order valence-corrected chi connectivity index (χ0v) is 12.6. The summed E-state index contributed by atoms with van der Waals surface area (Å²) in [5, 5.41) is 3.27. The molecule has 1 rings (SSSR count). The third-order valence-corrected chi connectivity index (χ3v) is 3.20. The van der Waals surface area contributed by atoms with Gasteiger partial charge in [0.15, 0.2) is 0 Å². The molecule has 0 fully saturated rings. The Morgan fingerprint density at radius 2 is 2.06 bits per heavy atom. The van der Waals surface area contributed by atoms with Crippen LogP contribution in [0.2, 0.25) is 0 Å². The van der Waals surface area contributed by atoms with Gasteiger partial charge in [0.05, 0.1) is 0 Å². The predicted molar refractivity (Wildman–Crippen MR) is 75.2 cm³/mol. The number of benzene rings is 1. The summed E-state index contributed by atoms with van der Waals surface area (Å²) in [4.78, 5) is 11.8. The van der Waals surface area contributed by atoms with Gasteiger partial charge in [-0.2, -0.15) is 0 Å². The Morgan fingerprint density at radius 1 is 1.39 bits per heavy atom. The van der Waals surface area contributed by atoms with Crippen molar-refractivity contribution in [1.29, 1.82) is 0 Å². The lowest BCUT2D eigenvalue weighted by Crippen LogP contribution is -2.37.